The minimum absolute atomic E-state index is 0.0665. The van der Waals surface area contributed by atoms with Gasteiger partial charge in [-0.1, -0.05) is 12.8 Å². The van der Waals surface area contributed by atoms with Crippen LogP contribution >= 0.6 is 0 Å². The van der Waals surface area contributed by atoms with Gasteiger partial charge in [0.2, 0.25) is 5.91 Å². The van der Waals surface area contributed by atoms with Gasteiger partial charge in [0.15, 0.2) is 0 Å². The average Bonchev–Trinajstić information content (AvgIpc) is 2.72. The van der Waals surface area contributed by atoms with E-state index in [9.17, 15) is 4.79 Å². The van der Waals surface area contributed by atoms with Crippen LogP contribution in [0.5, 0.6) is 0 Å². The van der Waals surface area contributed by atoms with Crippen molar-refractivity contribution in [2.24, 2.45) is 5.73 Å². The van der Waals surface area contributed by atoms with Gasteiger partial charge in [-0.2, -0.15) is 0 Å². The van der Waals surface area contributed by atoms with Crippen molar-refractivity contribution in [3.8, 4) is 0 Å². The van der Waals surface area contributed by atoms with Crippen LogP contribution < -0.4 is 11.1 Å². The lowest BCUT2D eigenvalue weighted by Crippen LogP contribution is -2.53. The standard InChI is InChI=1S/C11H22N2O3/c1-15-8-9(16-2)7-13-10(14)11(12)5-3-4-6-11/h9H,3-8,12H2,1-2H3,(H,13,14). The normalized spacial score (nSPS) is 20.7. The fraction of sp³-hybridized carbons (Fsp3) is 0.909. The second kappa shape index (κ2) is 6.18. The molecule has 16 heavy (non-hydrogen) atoms. The maximum absolute atomic E-state index is 11.9. The third-order valence-electron chi connectivity index (χ3n) is 3.12. The van der Waals surface area contributed by atoms with Crippen LogP contribution in [0.1, 0.15) is 25.7 Å². The predicted octanol–water partition coefficient (Wildman–Crippen LogP) is 0.0355. The van der Waals surface area contributed by atoms with E-state index in [1.54, 1.807) is 14.2 Å². The van der Waals surface area contributed by atoms with Crippen molar-refractivity contribution >= 4 is 5.91 Å². The molecule has 3 N–H and O–H groups in total. The van der Waals surface area contributed by atoms with Crippen LogP contribution in [0.15, 0.2) is 0 Å². The van der Waals surface area contributed by atoms with Crippen LogP contribution in [0.3, 0.4) is 0 Å². The molecular formula is C11H22N2O3. The molecule has 5 heteroatoms. The molecule has 0 aromatic carbocycles. The van der Waals surface area contributed by atoms with E-state index < -0.39 is 5.54 Å². The molecule has 1 aliphatic rings. The Morgan fingerprint density at radius 1 is 1.44 bits per heavy atom. The van der Waals surface area contributed by atoms with Crippen molar-refractivity contribution in [2.75, 3.05) is 27.4 Å². The van der Waals surface area contributed by atoms with Gasteiger partial charge in [-0.15, -0.1) is 0 Å². The Bertz CT molecular complexity index is 227. The third kappa shape index (κ3) is 3.43. The van der Waals surface area contributed by atoms with E-state index in [2.05, 4.69) is 5.32 Å². The molecule has 0 bridgehead atoms. The summed E-state index contributed by atoms with van der Waals surface area (Å²) in [6.07, 6.45) is 3.52. The summed E-state index contributed by atoms with van der Waals surface area (Å²) in [6, 6.07) is 0. The summed E-state index contributed by atoms with van der Waals surface area (Å²) in [5, 5.41) is 2.83. The number of hydrogen-bond donors (Lipinski definition) is 2. The van der Waals surface area contributed by atoms with Gasteiger partial charge < -0.3 is 20.5 Å². The fourth-order valence-corrected chi connectivity index (χ4v) is 2.01. The topological polar surface area (TPSA) is 73.6 Å². The van der Waals surface area contributed by atoms with Crippen molar-refractivity contribution in [1.82, 2.24) is 5.32 Å². The molecule has 1 amide bonds. The van der Waals surface area contributed by atoms with Gasteiger partial charge >= 0.3 is 0 Å². The lowest BCUT2D eigenvalue weighted by molar-refractivity contribution is -0.126. The summed E-state index contributed by atoms with van der Waals surface area (Å²) in [5.41, 5.74) is 5.36. The lowest BCUT2D eigenvalue weighted by atomic mass is 9.98. The molecule has 1 unspecified atom stereocenters. The zero-order valence-electron chi connectivity index (χ0n) is 10.1. The van der Waals surface area contributed by atoms with E-state index in [1.165, 1.54) is 0 Å². The summed E-state index contributed by atoms with van der Waals surface area (Å²) in [6.45, 7) is 0.913. The molecule has 0 saturated heterocycles. The predicted molar refractivity (Wildman–Crippen MR) is 61.1 cm³/mol. The number of rotatable bonds is 6. The smallest absolute Gasteiger partial charge is 0.240 e. The molecule has 1 fully saturated rings. The average molecular weight is 230 g/mol. The Balaban J connectivity index is 2.33. The molecule has 0 radical (unpaired) electrons. The molecule has 0 spiro atoms. The summed E-state index contributed by atoms with van der Waals surface area (Å²) in [5.74, 6) is -0.0665. The molecule has 0 aromatic rings. The number of ether oxygens (including phenoxy) is 2. The lowest BCUT2D eigenvalue weighted by Gasteiger charge is -2.24. The van der Waals surface area contributed by atoms with Crippen molar-refractivity contribution in [1.29, 1.82) is 0 Å². The van der Waals surface area contributed by atoms with Crippen molar-refractivity contribution in [3.63, 3.8) is 0 Å². The molecule has 5 nitrogen and oxygen atoms in total. The van der Waals surface area contributed by atoms with E-state index >= 15 is 0 Å². The van der Waals surface area contributed by atoms with Gasteiger partial charge in [-0.3, -0.25) is 4.79 Å². The number of hydrogen-bond acceptors (Lipinski definition) is 4. The van der Waals surface area contributed by atoms with Crippen LogP contribution in [0.25, 0.3) is 0 Å². The first kappa shape index (κ1) is 13.4. The zero-order valence-corrected chi connectivity index (χ0v) is 10.1. The highest BCUT2D eigenvalue weighted by Gasteiger charge is 2.36. The summed E-state index contributed by atoms with van der Waals surface area (Å²) in [7, 11) is 3.21. The minimum atomic E-state index is -0.661. The molecule has 1 rings (SSSR count). The molecule has 0 aliphatic heterocycles. The maximum Gasteiger partial charge on any atom is 0.240 e. The molecule has 1 aliphatic carbocycles. The summed E-state index contributed by atoms with van der Waals surface area (Å²) >= 11 is 0. The van der Waals surface area contributed by atoms with Gasteiger partial charge in [0.25, 0.3) is 0 Å². The van der Waals surface area contributed by atoms with Gasteiger partial charge in [-0.25, -0.2) is 0 Å². The van der Waals surface area contributed by atoms with Crippen molar-refractivity contribution in [3.05, 3.63) is 0 Å². The van der Waals surface area contributed by atoms with Gasteiger partial charge in [0.05, 0.1) is 18.2 Å². The molecule has 94 valence electrons. The molecule has 0 aromatic heterocycles. The Kier molecular flexibility index (Phi) is 5.18. The number of carbonyl (C=O) groups excluding carboxylic acids is 1. The molecule has 0 heterocycles. The second-order valence-electron chi connectivity index (χ2n) is 4.39. The monoisotopic (exact) mass is 230 g/mol. The zero-order chi connectivity index (χ0) is 12.0. The van der Waals surface area contributed by atoms with Crippen LogP contribution in [-0.2, 0) is 14.3 Å². The largest absolute Gasteiger partial charge is 0.382 e. The summed E-state index contributed by atoms with van der Waals surface area (Å²) < 4.78 is 10.1. The first-order chi connectivity index (χ1) is 7.62. The maximum atomic E-state index is 11.9. The number of amides is 1. The van der Waals surface area contributed by atoms with Gasteiger partial charge in [0, 0.05) is 20.8 Å². The molecule has 1 atom stereocenters. The minimum Gasteiger partial charge on any atom is -0.382 e. The SMILES string of the molecule is COCC(CNC(=O)C1(N)CCCC1)OC. The van der Waals surface area contributed by atoms with E-state index in [0.717, 1.165) is 25.7 Å². The quantitative estimate of drug-likeness (QED) is 0.675. The fourth-order valence-electron chi connectivity index (χ4n) is 2.01. The van der Waals surface area contributed by atoms with Crippen molar-refractivity contribution in [2.45, 2.75) is 37.3 Å². The number of nitrogens with one attached hydrogen (secondary N) is 1. The molecule has 1 saturated carbocycles. The van der Waals surface area contributed by atoms with E-state index in [1.807, 2.05) is 0 Å². The van der Waals surface area contributed by atoms with Crippen LogP contribution in [0.2, 0.25) is 0 Å². The molecular weight excluding hydrogens is 208 g/mol. The van der Waals surface area contributed by atoms with Crippen molar-refractivity contribution < 1.29 is 14.3 Å². The number of nitrogens with two attached hydrogens (primary N) is 1. The Hall–Kier alpha value is -0.650. The van der Waals surface area contributed by atoms with E-state index in [4.69, 9.17) is 15.2 Å². The van der Waals surface area contributed by atoms with Crippen LogP contribution in [-0.4, -0.2) is 44.9 Å². The van der Waals surface area contributed by atoms with Crippen LogP contribution in [0.4, 0.5) is 0 Å². The van der Waals surface area contributed by atoms with Gasteiger partial charge in [-0.05, 0) is 12.8 Å². The van der Waals surface area contributed by atoms with Crippen LogP contribution in [0, 0.1) is 0 Å². The number of carbonyl (C=O) groups is 1. The first-order valence-corrected chi connectivity index (χ1v) is 5.71. The highest BCUT2D eigenvalue weighted by Crippen LogP contribution is 2.27. The Morgan fingerprint density at radius 2 is 2.06 bits per heavy atom. The number of methoxy groups -OCH3 is 2. The van der Waals surface area contributed by atoms with E-state index in [-0.39, 0.29) is 12.0 Å². The third-order valence-corrected chi connectivity index (χ3v) is 3.12. The first-order valence-electron chi connectivity index (χ1n) is 5.71. The highest BCUT2D eigenvalue weighted by molar-refractivity contribution is 5.86. The highest BCUT2D eigenvalue weighted by atomic mass is 16.5. The Labute approximate surface area is 96.7 Å². The second-order valence-corrected chi connectivity index (χ2v) is 4.39. The Morgan fingerprint density at radius 3 is 2.56 bits per heavy atom. The summed E-state index contributed by atoms with van der Waals surface area (Å²) in [4.78, 5) is 11.9. The van der Waals surface area contributed by atoms with Gasteiger partial charge in [0.1, 0.15) is 0 Å². The van der Waals surface area contributed by atoms with E-state index in [0.29, 0.717) is 13.2 Å².